The van der Waals surface area contributed by atoms with Gasteiger partial charge in [0.1, 0.15) is 11.5 Å². The Morgan fingerprint density at radius 3 is 2.71 bits per heavy atom. The zero-order valence-electron chi connectivity index (χ0n) is 7.95. The summed E-state index contributed by atoms with van der Waals surface area (Å²) in [4.78, 5) is 11.5. The maximum atomic E-state index is 11.5. The average Bonchev–Trinajstić information content (AvgIpc) is 2.17. The van der Waals surface area contributed by atoms with E-state index >= 15 is 0 Å². The topological polar surface area (TPSA) is 46.5 Å². The number of carbonyl (C=O) groups is 1. The number of methoxy groups -OCH3 is 1. The number of benzene rings is 1. The summed E-state index contributed by atoms with van der Waals surface area (Å²) in [6.07, 6.45) is 0. The number of ketones is 1. The van der Waals surface area contributed by atoms with Gasteiger partial charge in [0.2, 0.25) is 0 Å². The number of hydrogen-bond acceptors (Lipinski definition) is 3. The van der Waals surface area contributed by atoms with Crippen molar-refractivity contribution in [2.45, 2.75) is 12.3 Å². The molecule has 0 aliphatic heterocycles. The van der Waals surface area contributed by atoms with Gasteiger partial charge in [-0.2, -0.15) is 0 Å². The Bertz CT molecular complexity index is 347. The zero-order chi connectivity index (χ0) is 10.7. The van der Waals surface area contributed by atoms with Gasteiger partial charge in [0.15, 0.2) is 5.78 Å². The fourth-order valence-corrected chi connectivity index (χ4v) is 1.17. The third-order valence-corrected chi connectivity index (χ3v) is 2.03. The number of phenolic OH excluding ortho intramolecular Hbond substituents is 1. The molecule has 0 aliphatic carbocycles. The maximum absolute atomic E-state index is 11.5. The standard InChI is InChI=1S/C10H11ClO3/c1-6(11)10(13)8-5-7(14-2)3-4-9(8)12/h3-6,12H,1-2H3. The van der Waals surface area contributed by atoms with Gasteiger partial charge in [0.25, 0.3) is 0 Å². The molecule has 1 atom stereocenters. The molecule has 0 aliphatic rings. The van der Waals surface area contributed by atoms with Crippen LogP contribution >= 0.6 is 11.6 Å². The number of rotatable bonds is 3. The SMILES string of the molecule is COc1ccc(O)c(C(=O)C(C)Cl)c1. The molecule has 1 rings (SSSR count). The van der Waals surface area contributed by atoms with Crippen LogP contribution in [0.15, 0.2) is 18.2 Å². The first-order chi connectivity index (χ1) is 6.56. The zero-order valence-corrected chi connectivity index (χ0v) is 8.71. The Hall–Kier alpha value is -1.22. The second-order valence-corrected chi connectivity index (χ2v) is 3.52. The first-order valence-corrected chi connectivity index (χ1v) is 4.55. The van der Waals surface area contributed by atoms with E-state index in [-0.39, 0.29) is 17.1 Å². The number of alkyl halides is 1. The minimum atomic E-state index is -0.659. The van der Waals surface area contributed by atoms with Crippen LogP contribution < -0.4 is 4.74 Å². The number of halogens is 1. The van der Waals surface area contributed by atoms with Crippen molar-refractivity contribution >= 4 is 17.4 Å². The lowest BCUT2D eigenvalue weighted by molar-refractivity contribution is 0.0989. The molecule has 0 aromatic heterocycles. The van der Waals surface area contributed by atoms with E-state index in [0.29, 0.717) is 5.75 Å². The van der Waals surface area contributed by atoms with Gasteiger partial charge in [-0.1, -0.05) is 0 Å². The molecule has 1 N–H and O–H groups in total. The van der Waals surface area contributed by atoms with E-state index in [0.717, 1.165) is 0 Å². The van der Waals surface area contributed by atoms with E-state index in [2.05, 4.69) is 0 Å². The Kier molecular flexibility index (Phi) is 3.36. The van der Waals surface area contributed by atoms with Crippen molar-refractivity contribution in [1.29, 1.82) is 0 Å². The van der Waals surface area contributed by atoms with Crippen LogP contribution in [0.1, 0.15) is 17.3 Å². The maximum Gasteiger partial charge on any atom is 0.184 e. The number of phenols is 1. The van der Waals surface area contributed by atoms with Crippen LogP contribution in [0.3, 0.4) is 0 Å². The second kappa shape index (κ2) is 4.33. The fraction of sp³-hybridized carbons (Fsp3) is 0.300. The fourth-order valence-electron chi connectivity index (χ4n) is 1.05. The van der Waals surface area contributed by atoms with Crippen molar-refractivity contribution < 1.29 is 14.6 Å². The van der Waals surface area contributed by atoms with Gasteiger partial charge in [-0.3, -0.25) is 4.79 Å². The number of ether oxygens (including phenoxy) is 1. The minimum absolute atomic E-state index is 0.0803. The van der Waals surface area contributed by atoms with E-state index in [1.807, 2.05) is 0 Å². The second-order valence-electron chi connectivity index (χ2n) is 2.86. The van der Waals surface area contributed by atoms with E-state index in [4.69, 9.17) is 16.3 Å². The molecule has 0 amide bonds. The van der Waals surface area contributed by atoms with Gasteiger partial charge in [-0.15, -0.1) is 11.6 Å². The highest BCUT2D eigenvalue weighted by Gasteiger charge is 2.16. The summed E-state index contributed by atoms with van der Waals surface area (Å²) >= 11 is 5.63. The van der Waals surface area contributed by atoms with E-state index in [9.17, 15) is 9.90 Å². The first-order valence-electron chi connectivity index (χ1n) is 4.11. The number of aromatic hydroxyl groups is 1. The summed E-state index contributed by atoms with van der Waals surface area (Å²) in [6, 6.07) is 4.45. The molecular formula is C10H11ClO3. The lowest BCUT2D eigenvalue weighted by Gasteiger charge is -2.07. The van der Waals surface area contributed by atoms with Gasteiger partial charge in [0, 0.05) is 0 Å². The summed E-state index contributed by atoms with van der Waals surface area (Å²) in [7, 11) is 1.49. The summed E-state index contributed by atoms with van der Waals surface area (Å²) in [5, 5.41) is 8.76. The third-order valence-electron chi connectivity index (χ3n) is 1.83. The summed E-state index contributed by atoms with van der Waals surface area (Å²) in [6.45, 7) is 1.56. The Balaban J connectivity index is 3.12. The summed E-state index contributed by atoms with van der Waals surface area (Å²) in [5.41, 5.74) is 0.187. The summed E-state index contributed by atoms with van der Waals surface area (Å²) < 4.78 is 4.93. The predicted octanol–water partition coefficient (Wildman–Crippen LogP) is 2.21. The number of Topliss-reactive ketones (excluding diaryl/α,β-unsaturated/α-hetero) is 1. The van der Waals surface area contributed by atoms with E-state index in [1.165, 1.54) is 19.2 Å². The average molecular weight is 215 g/mol. The molecule has 0 bridgehead atoms. The van der Waals surface area contributed by atoms with Crippen LogP contribution in [0.4, 0.5) is 0 Å². The number of carbonyl (C=O) groups excluding carboxylic acids is 1. The van der Waals surface area contributed by atoms with Gasteiger partial charge in [-0.05, 0) is 25.1 Å². The lowest BCUT2D eigenvalue weighted by Crippen LogP contribution is -2.10. The van der Waals surface area contributed by atoms with Crippen molar-refractivity contribution in [1.82, 2.24) is 0 Å². The molecule has 1 unspecified atom stereocenters. The Morgan fingerprint density at radius 2 is 2.21 bits per heavy atom. The van der Waals surface area contributed by atoms with Crippen LogP contribution in [0, 0.1) is 0 Å². The molecule has 0 fully saturated rings. The Morgan fingerprint density at radius 1 is 1.57 bits per heavy atom. The van der Waals surface area contributed by atoms with Crippen LogP contribution in [0.2, 0.25) is 0 Å². The molecule has 0 spiro atoms. The predicted molar refractivity (Wildman–Crippen MR) is 54.3 cm³/mol. The molecule has 1 aromatic rings. The molecular weight excluding hydrogens is 204 g/mol. The highest BCUT2D eigenvalue weighted by atomic mass is 35.5. The molecule has 76 valence electrons. The van der Waals surface area contributed by atoms with Crippen LogP contribution in [-0.4, -0.2) is 23.4 Å². The minimum Gasteiger partial charge on any atom is -0.507 e. The first kappa shape index (κ1) is 10.9. The Labute approximate surface area is 87.3 Å². The highest BCUT2D eigenvalue weighted by Crippen LogP contribution is 2.24. The summed E-state index contributed by atoms with van der Waals surface area (Å²) in [5.74, 6) is 0.120. The smallest absolute Gasteiger partial charge is 0.184 e. The van der Waals surface area contributed by atoms with Crippen molar-refractivity contribution in [2.75, 3.05) is 7.11 Å². The molecule has 0 saturated heterocycles. The van der Waals surface area contributed by atoms with Crippen molar-refractivity contribution in [3.05, 3.63) is 23.8 Å². The normalized spacial score (nSPS) is 12.2. The molecule has 14 heavy (non-hydrogen) atoms. The molecule has 0 radical (unpaired) electrons. The van der Waals surface area contributed by atoms with Crippen molar-refractivity contribution in [2.24, 2.45) is 0 Å². The molecule has 4 heteroatoms. The van der Waals surface area contributed by atoms with Crippen LogP contribution in [-0.2, 0) is 0 Å². The highest BCUT2D eigenvalue weighted by molar-refractivity contribution is 6.33. The van der Waals surface area contributed by atoms with Crippen molar-refractivity contribution in [3.8, 4) is 11.5 Å². The van der Waals surface area contributed by atoms with E-state index < -0.39 is 5.38 Å². The largest absolute Gasteiger partial charge is 0.507 e. The molecule has 0 saturated carbocycles. The monoisotopic (exact) mass is 214 g/mol. The molecule has 3 nitrogen and oxygen atoms in total. The van der Waals surface area contributed by atoms with Gasteiger partial charge >= 0.3 is 0 Å². The molecule has 1 aromatic carbocycles. The van der Waals surface area contributed by atoms with E-state index in [1.54, 1.807) is 13.0 Å². The van der Waals surface area contributed by atoms with Crippen molar-refractivity contribution in [3.63, 3.8) is 0 Å². The number of hydrogen-bond donors (Lipinski definition) is 1. The van der Waals surface area contributed by atoms with Gasteiger partial charge in [-0.25, -0.2) is 0 Å². The third kappa shape index (κ3) is 2.17. The molecule has 0 heterocycles. The van der Waals surface area contributed by atoms with Crippen LogP contribution in [0.25, 0.3) is 0 Å². The lowest BCUT2D eigenvalue weighted by atomic mass is 10.1. The van der Waals surface area contributed by atoms with Gasteiger partial charge in [0.05, 0.1) is 18.1 Å². The quantitative estimate of drug-likeness (QED) is 0.620. The van der Waals surface area contributed by atoms with Crippen LogP contribution in [0.5, 0.6) is 11.5 Å². The van der Waals surface area contributed by atoms with Gasteiger partial charge < -0.3 is 9.84 Å².